The highest BCUT2D eigenvalue weighted by molar-refractivity contribution is 5.85. The molecule has 0 bridgehead atoms. The molecule has 0 atom stereocenters. The summed E-state index contributed by atoms with van der Waals surface area (Å²) < 4.78 is 0. The SMILES string of the molecule is B.B.Cl.Cl. The predicted octanol–water partition coefficient (Wildman–Crippen LogP) is -1.52. The Morgan fingerprint density at radius 3 is 0.500 bits per heavy atom. The minimum Gasteiger partial charge on any atom is -0.147 e. The van der Waals surface area contributed by atoms with Gasteiger partial charge in [0.1, 0.15) is 0 Å². The van der Waals surface area contributed by atoms with Crippen molar-refractivity contribution in [3.63, 3.8) is 0 Å². The van der Waals surface area contributed by atoms with Gasteiger partial charge in [-0.2, -0.15) is 0 Å². The minimum atomic E-state index is 0. The normalized spacial score (nSPS) is 0. The third-order valence-electron chi connectivity index (χ3n) is 0. The molecule has 0 amide bonds. The van der Waals surface area contributed by atoms with Gasteiger partial charge < -0.3 is 0 Å². The van der Waals surface area contributed by atoms with E-state index in [1.807, 2.05) is 0 Å². The van der Waals surface area contributed by atoms with Crippen LogP contribution in [-0.4, -0.2) is 16.8 Å². The van der Waals surface area contributed by atoms with Crippen LogP contribution in [0.25, 0.3) is 0 Å². The molecule has 0 aliphatic carbocycles. The van der Waals surface area contributed by atoms with Crippen LogP contribution in [0.15, 0.2) is 0 Å². The summed E-state index contributed by atoms with van der Waals surface area (Å²) >= 11 is 0. The lowest BCUT2D eigenvalue weighted by molar-refractivity contribution is 5.75. The first-order valence-corrected chi connectivity index (χ1v) is 0. The first kappa shape index (κ1) is 129. The molecule has 0 N–H and O–H groups in total. The Morgan fingerprint density at radius 2 is 0.500 bits per heavy atom. The maximum Gasteiger partial charge on any atom is 0.0814 e. The summed E-state index contributed by atoms with van der Waals surface area (Å²) in [6.45, 7) is 0. The van der Waals surface area contributed by atoms with Crippen LogP contribution < -0.4 is 0 Å². The van der Waals surface area contributed by atoms with Crippen molar-refractivity contribution in [3.05, 3.63) is 0 Å². The second kappa shape index (κ2) is 54.1. The average molecular weight is 101 g/mol. The van der Waals surface area contributed by atoms with Crippen LogP contribution in [-0.2, 0) is 0 Å². The fourth-order valence-corrected chi connectivity index (χ4v) is 0. The molecule has 0 spiro atoms. The molecule has 0 saturated heterocycles. The quantitative estimate of drug-likeness (QED) is 0.324. The molecule has 0 rings (SSSR count). The zero-order chi connectivity index (χ0) is 0. The lowest BCUT2D eigenvalue weighted by Gasteiger charge is -0.148. The highest BCUT2D eigenvalue weighted by Crippen LogP contribution is 0.691. The average Bonchev–Trinajstić information content (AvgIpc) is 0. The van der Waals surface area contributed by atoms with Crippen LogP contribution in [0, 0.1) is 0 Å². The summed E-state index contributed by atoms with van der Waals surface area (Å²) in [5.41, 5.74) is 0. The second-order valence-electron chi connectivity index (χ2n) is 0. The number of hydrogen-bond acceptors (Lipinski definition) is 0. The molecule has 0 radical (unpaired) electrons. The molecule has 4 heteroatoms. The van der Waals surface area contributed by atoms with E-state index in [2.05, 4.69) is 0 Å². The molecule has 0 saturated carbocycles. The van der Waals surface area contributed by atoms with Gasteiger partial charge in [-0.25, -0.2) is 0 Å². The molecule has 0 aromatic carbocycles. The standard InChI is InChI=1S/2BH3.2ClH/h2*1H3;2*1H. The van der Waals surface area contributed by atoms with Crippen molar-refractivity contribution in [2.24, 2.45) is 0 Å². The molecule has 0 aromatic rings. The first-order chi connectivity index (χ1) is 0. The van der Waals surface area contributed by atoms with Gasteiger partial charge in [0.15, 0.2) is 0 Å². The third-order valence-corrected chi connectivity index (χ3v) is 0. The van der Waals surface area contributed by atoms with Crippen LogP contribution in [0.3, 0.4) is 0 Å². The molecule has 0 heterocycles. The van der Waals surface area contributed by atoms with Crippen molar-refractivity contribution in [1.29, 1.82) is 0 Å². The summed E-state index contributed by atoms with van der Waals surface area (Å²) in [5, 5.41) is 0. The van der Waals surface area contributed by atoms with E-state index in [0.29, 0.717) is 0 Å². The van der Waals surface area contributed by atoms with Gasteiger partial charge in [-0.3, -0.25) is 0 Å². The summed E-state index contributed by atoms with van der Waals surface area (Å²) in [4.78, 5) is 0. The van der Waals surface area contributed by atoms with Gasteiger partial charge >= 0.3 is 0 Å². The van der Waals surface area contributed by atoms with Crippen molar-refractivity contribution in [3.8, 4) is 0 Å². The maximum absolute atomic E-state index is 0. The lowest BCUT2D eigenvalue weighted by Crippen LogP contribution is -0.382. The zero-order valence-corrected chi connectivity index (χ0v) is 2.45. The fraction of sp³-hybridized carbons (Fsp3) is 0. The summed E-state index contributed by atoms with van der Waals surface area (Å²) in [6.07, 6.45) is 0. The van der Waals surface area contributed by atoms with Gasteiger partial charge in [-0.1, -0.05) is 0 Å². The molecule has 0 nitrogen and oxygen atoms in total. The van der Waals surface area contributed by atoms with Crippen molar-refractivity contribution in [1.82, 2.24) is 0 Å². The molecular formula is H8B2Cl2. The van der Waals surface area contributed by atoms with Gasteiger partial charge in [0.2, 0.25) is 0 Å². The first-order valence-electron chi connectivity index (χ1n) is 0. The highest BCUT2D eigenvalue weighted by atomic mass is 35.5. The van der Waals surface area contributed by atoms with Crippen molar-refractivity contribution in [2.75, 3.05) is 0 Å². The third kappa shape index (κ3) is 15.7. The zero-order valence-electron chi connectivity index (χ0n) is 0.816. The molecule has 0 aromatic heterocycles. The Balaban J connectivity index is 0. The minimum absolute atomic E-state index is 0. The second-order valence-corrected chi connectivity index (χ2v) is 0. The van der Waals surface area contributed by atoms with Gasteiger partial charge in [-0.15, -0.1) is 24.8 Å². The molecule has 28 valence electrons. The van der Waals surface area contributed by atoms with Gasteiger partial charge in [-0.05, 0) is 0 Å². The Kier molecular flexibility index (Phi) is 1740. The molecule has 0 aliphatic heterocycles. The number of hydrogen-bond donors (Lipinski definition) is 0. The van der Waals surface area contributed by atoms with E-state index >= 15 is 0 Å². The molecule has 0 unspecified atom stereocenters. The maximum atomic E-state index is 0. The number of halogens is 2. The van der Waals surface area contributed by atoms with E-state index in [1.165, 1.54) is 0 Å². The van der Waals surface area contributed by atoms with Crippen molar-refractivity contribution >= 4 is 41.6 Å². The predicted molar refractivity (Wildman–Crippen MR) is 34.4 cm³/mol. The van der Waals surface area contributed by atoms with Crippen LogP contribution in [0.4, 0.5) is 0 Å². The Labute approximate surface area is 42.3 Å². The topological polar surface area (TPSA) is 0 Å². The number of rotatable bonds is 0. The van der Waals surface area contributed by atoms with E-state index in [1.54, 1.807) is 0 Å². The van der Waals surface area contributed by atoms with Crippen LogP contribution >= 0.6 is 24.8 Å². The summed E-state index contributed by atoms with van der Waals surface area (Å²) in [7, 11) is 0. The van der Waals surface area contributed by atoms with Crippen LogP contribution in [0.2, 0.25) is 0 Å². The van der Waals surface area contributed by atoms with Crippen molar-refractivity contribution < 1.29 is 0 Å². The summed E-state index contributed by atoms with van der Waals surface area (Å²) in [6, 6.07) is 0. The Bertz CT molecular complexity index is 4.00. The largest absolute Gasteiger partial charge is 0.147 e. The monoisotopic (exact) mass is 100 g/mol. The van der Waals surface area contributed by atoms with Crippen LogP contribution in [0.1, 0.15) is 0 Å². The van der Waals surface area contributed by atoms with E-state index in [0.717, 1.165) is 0 Å². The summed E-state index contributed by atoms with van der Waals surface area (Å²) in [5.74, 6) is 0. The molecule has 0 fully saturated rings. The van der Waals surface area contributed by atoms with E-state index < -0.39 is 0 Å². The van der Waals surface area contributed by atoms with Gasteiger partial charge in [0.25, 0.3) is 0 Å². The van der Waals surface area contributed by atoms with E-state index in [4.69, 9.17) is 0 Å². The smallest absolute Gasteiger partial charge is 0.0814 e. The van der Waals surface area contributed by atoms with Gasteiger partial charge in [0.05, 0.1) is 16.8 Å². The lowest BCUT2D eigenvalue weighted by atomic mass is 10.8. The molecular weight excluding hydrogens is 92.5 g/mol. The fourth-order valence-electron chi connectivity index (χ4n) is 0. The Morgan fingerprint density at radius 1 is 0.500 bits per heavy atom. The van der Waals surface area contributed by atoms with Crippen LogP contribution in [0.5, 0.6) is 0 Å². The molecule has 0 aliphatic rings. The van der Waals surface area contributed by atoms with E-state index in [-0.39, 0.29) is 41.6 Å². The van der Waals surface area contributed by atoms with Crippen molar-refractivity contribution in [2.45, 2.75) is 0 Å². The van der Waals surface area contributed by atoms with Gasteiger partial charge in [0, 0.05) is 0 Å². The Hall–Kier alpha value is 0.710. The highest BCUT2D eigenvalue weighted by Gasteiger charge is 0.0824. The van der Waals surface area contributed by atoms with E-state index in [9.17, 15) is 0 Å². The molecule has 4 heavy (non-hydrogen) atoms.